The molecule has 0 atom stereocenters. The second-order valence-electron chi connectivity index (χ2n) is 1.91. The lowest BCUT2D eigenvalue weighted by atomic mass is 10.3. The van der Waals surface area contributed by atoms with Crippen molar-refractivity contribution in [2.75, 3.05) is 6.61 Å². The molecule has 4 heteroatoms. The van der Waals surface area contributed by atoms with E-state index >= 15 is 0 Å². The van der Waals surface area contributed by atoms with E-state index in [4.69, 9.17) is 0 Å². The van der Waals surface area contributed by atoms with Crippen LogP contribution in [-0.4, -0.2) is 18.7 Å². The van der Waals surface area contributed by atoms with Gasteiger partial charge in [0.2, 0.25) is 0 Å². The Hall–Kier alpha value is -1.06. The van der Waals surface area contributed by atoms with Crippen LogP contribution in [0.2, 0.25) is 0 Å². The average Bonchev–Trinajstić information content (AvgIpc) is 1.87. The Morgan fingerprint density at radius 2 is 1.91 bits per heavy atom. The van der Waals surface area contributed by atoms with E-state index in [1.807, 2.05) is 6.92 Å². The Balaban J connectivity index is 3.49. The molecule has 4 nitrogen and oxygen atoms in total. The number of rotatable bonds is 3. The first-order valence-corrected chi connectivity index (χ1v) is 3.58. The number of carbonyl (C=O) groups is 2. The highest BCUT2D eigenvalue weighted by Crippen LogP contribution is 1.93. The lowest BCUT2D eigenvalue weighted by Gasteiger charge is -2.00. The summed E-state index contributed by atoms with van der Waals surface area (Å²) in [6, 6.07) is 0. The minimum atomic E-state index is -0.911. The number of esters is 1. The molecule has 0 spiro atoms. The maximum absolute atomic E-state index is 10.6. The standard InChI is InChI=1S/C7H12O4/c1-3-5-6(8)11-7(9)10-4-2/h3-5H2,1-2H3. The van der Waals surface area contributed by atoms with E-state index in [1.54, 1.807) is 6.92 Å². The number of carbonyl (C=O) groups excluding carboxylic acids is 2. The van der Waals surface area contributed by atoms with Gasteiger partial charge in [0.15, 0.2) is 0 Å². The number of hydrogen-bond donors (Lipinski definition) is 0. The normalized spacial score (nSPS) is 8.91. The Labute approximate surface area is 65.5 Å². The maximum Gasteiger partial charge on any atom is 0.516 e. The highest BCUT2D eigenvalue weighted by atomic mass is 16.7. The van der Waals surface area contributed by atoms with Crippen LogP contribution in [0.1, 0.15) is 26.7 Å². The van der Waals surface area contributed by atoms with Crippen LogP contribution in [-0.2, 0) is 14.3 Å². The van der Waals surface area contributed by atoms with Gasteiger partial charge in [-0.2, -0.15) is 0 Å². The minimum Gasteiger partial charge on any atom is -0.434 e. The van der Waals surface area contributed by atoms with E-state index in [1.165, 1.54) is 0 Å². The van der Waals surface area contributed by atoms with E-state index in [-0.39, 0.29) is 13.0 Å². The molecule has 0 rings (SSSR count). The molecule has 0 aliphatic carbocycles. The van der Waals surface area contributed by atoms with Gasteiger partial charge < -0.3 is 9.47 Å². The average molecular weight is 160 g/mol. The molecule has 11 heavy (non-hydrogen) atoms. The smallest absolute Gasteiger partial charge is 0.434 e. The summed E-state index contributed by atoms with van der Waals surface area (Å²) in [6.07, 6.45) is 0.00259. The van der Waals surface area contributed by atoms with Crippen LogP contribution < -0.4 is 0 Å². The lowest BCUT2D eigenvalue weighted by molar-refractivity contribution is -0.139. The third kappa shape index (κ3) is 5.39. The molecule has 0 aliphatic heterocycles. The molecule has 64 valence electrons. The van der Waals surface area contributed by atoms with Crippen molar-refractivity contribution in [3.63, 3.8) is 0 Å². The molecule has 0 unspecified atom stereocenters. The Bertz CT molecular complexity index is 125. The van der Waals surface area contributed by atoms with Crippen molar-refractivity contribution in [3.05, 3.63) is 0 Å². The summed E-state index contributed by atoms with van der Waals surface area (Å²) in [6.45, 7) is 3.69. The molecule has 0 bridgehead atoms. The summed E-state index contributed by atoms with van der Waals surface area (Å²) in [7, 11) is 0. The Morgan fingerprint density at radius 3 is 2.36 bits per heavy atom. The van der Waals surface area contributed by atoms with Gasteiger partial charge in [0.25, 0.3) is 0 Å². The molecule has 0 N–H and O–H groups in total. The topological polar surface area (TPSA) is 52.6 Å². The number of ether oxygens (including phenoxy) is 2. The fraction of sp³-hybridized carbons (Fsp3) is 0.714. The number of hydrogen-bond acceptors (Lipinski definition) is 4. The Morgan fingerprint density at radius 1 is 1.27 bits per heavy atom. The first kappa shape index (κ1) is 9.94. The van der Waals surface area contributed by atoms with Crippen LogP contribution in [0.4, 0.5) is 4.79 Å². The van der Waals surface area contributed by atoms with Gasteiger partial charge in [-0.3, -0.25) is 4.79 Å². The molecule has 0 aliphatic rings. The first-order valence-electron chi connectivity index (χ1n) is 3.58. The lowest BCUT2D eigenvalue weighted by Crippen LogP contribution is -2.12. The zero-order valence-corrected chi connectivity index (χ0v) is 6.75. The third-order valence-corrected chi connectivity index (χ3v) is 0.913. The van der Waals surface area contributed by atoms with E-state index in [9.17, 15) is 9.59 Å². The largest absolute Gasteiger partial charge is 0.516 e. The highest BCUT2D eigenvalue weighted by molar-refractivity contribution is 5.81. The SMILES string of the molecule is CCCC(=O)OC(=O)OCC. The van der Waals surface area contributed by atoms with Gasteiger partial charge in [0, 0.05) is 6.42 Å². The van der Waals surface area contributed by atoms with Crippen molar-refractivity contribution >= 4 is 12.1 Å². The summed E-state index contributed by atoms with van der Waals surface area (Å²) in [5, 5.41) is 0. The van der Waals surface area contributed by atoms with Crippen molar-refractivity contribution in [2.24, 2.45) is 0 Å². The zero-order chi connectivity index (χ0) is 8.69. The van der Waals surface area contributed by atoms with Crippen molar-refractivity contribution < 1.29 is 19.1 Å². The van der Waals surface area contributed by atoms with Crippen LogP contribution in [0.3, 0.4) is 0 Å². The van der Waals surface area contributed by atoms with Crippen LogP contribution in [0, 0.1) is 0 Å². The van der Waals surface area contributed by atoms with Gasteiger partial charge in [0.05, 0.1) is 6.61 Å². The summed E-state index contributed by atoms with van der Waals surface area (Å²) >= 11 is 0. The highest BCUT2D eigenvalue weighted by Gasteiger charge is 2.08. The Kier molecular flexibility index (Phi) is 5.15. The van der Waals surface area contributed by atoms with Gasteiger partial charge in [-0.15, -0.1) is 0 Å². The summed E-state index contributed by atoms with van der Waals surface area (Å²) in [5.74, 6) is -0.536. The van der Waals surface area contributed by atoms with Gasteiger partial charge in [-0.25, -0.2) is 4.79 Å². The molecule has 0 radical (unpaired) electrons. The predicted octanol–water partition coefficient (Wildman–Crippen LogP) is 1.49. The maximum atomic E-state index is 10.6. The summed E-state index contributed by atoms with van der Waals surface area (Å²) < 4.78 is 8.61. The monoisotopic (exact) mass is 160 g/mol. The molecule has 0 fully saturated rings. The van der Waals surface area contributed by atoms with Crippen molar-refractivity contribution in [3.8, 4) is 0 Å². The van der Waals surface area contributed by atoms with Gasteiger partial charge in [-0.05, 0) is 13.3 Å². The van der Waals surface area contributed by atoms with Gasteiger partial charge in [0.1, 0.15) is 0 Å². The molecular weight excluding hydrogens is 148 g/mol. The van der Waals surface area contributed by atoms with E-state index in [0.29, 0.717) is 6.42 Å². The molecular formula is C7H12O4. The quantitative estimate of drug-likeness (QED) is 0.463. The summed E-state index contributed by atoms with van der Waals surface area (Å²) in [4.78, 5) is 21.1. The third-order valence-electron chi connectivity index (χ3n) is 0.913. The molecule has 0 aromatic heterocycles. The zero-order valence-electron chi connectivity index (χ0n) is 6.75. The molecule has 0 aromatic carbocycles. The second-order valence-corrected chi connectivity index (χ2v) is 1.91. The van der Waals surface area contributed by atoms with E-state index < -0.39 is 12.1 Å². The second kappa shape index (κ2) is 5.70. The van der Waals surface area contributed by atoms with Gasteiger partial charge in [-0.1, -0.05) is 6.92 Å². The van der Waals surface area contributed by atoms with Crippen molar-refractivity contribution in [1.82, 2.24) is 0 Å². The fourth-order valence-corrected chi connectivity index (χ4v) is 0.495. The van der Waals surface area contributed by atoms with Crippen LogP contribution in [0.15, 0.2) is 0 Å². The molecule has 0 saturated carbocycles. The van der Waals surface area contributed by atoms with Crippen LogP contribution in [0.5, 0.6) is 0 Å². The summed E-state index contributed by atoms with van der Waals surface area (Å²) in [5.41, 5.74) is 0. The fourth-order valence-electron chi connectivity index (χ4n) is 0.495. The molecule has 0 aromatic rings. The van der Waals surface area contributed by atoms with Crippen molar-refractivity contribution in [1.29, 1.82) is 0 Å². The molecule has 0 saturated heterocycles. The van der Waals surface area contributed by atoms with Crippen LogP contribution >= 0.6 is 0 Å². The van der Waals surface area contributed by atoms with Crippen molar-refractivity contribution in [2.45, 2.75) is 26.7 Å². The van der Waals surface area contributed by atoms with E-state index in [2.05, 4.69) is 9.47 Å². The first-order chi connectivity index (χ1) is 5.20. The molecule has 0 amide bonds. The van der Waals surface area contributed by atoms with Crippen LogP contribution in [0.25, 0.3) is 0 Å². The predicted molar refractivity (Wildman–Crippen MR) is 38.0 cm³/mol. The van der Waals surface area contributed by atoms with Gasteiger partial charge >= 0.3 is 12.1 Å². The van der Waals surface area contributed by atoms with E-state index in [0.717, 1.165) is 0 Å². The molecule has 0 heterocycles. The minimum absolute atomic E-state index is 0.220.